The van der Waals surface area contributed by atoms with Gasteiger partial charge in [-0.25, -0.2) is 0 Å². The fourth-order valence-corrected chi connectivity index (χ4v) is 2.43. The highest BCUT2D eigenvalue weighted by atomic mass is 32.1. The lowest BCUT2D eigenvalue weighted by Crippen LogP contribution is -2.08. The van der Waals surface area contributed by atoms with Gasteiger partial charge in [0.15, 0.2) is 0 Å². The molecule has 0 atom stereocenters. The second-order valence-electron chi connectivity index (χ2n) is 4.05. The Labute approximate surface area is 124 Å². The van der Waals surface area contributed by atoms with Crippen LogP contribution in [0.15, 0.2) is 36.4 Å². The topological polar surface area (TPSA) is 35.2 Å². The molecule has 110 valence electrons. The van der Waals surface area contributed by atoms with E-state index < -0.39 is 11.7 Å². The molecular formula is C15H12F3NOS. The van der Waals surface area contributed by atoms with E-state index in [2.05, 4.69) is 11.8 Å². The molecule has 0 saturated carbocycles. The van der Waals surface area contributed by atoms with Crippen LogP contribution in [0.1, 0.15) is 15.3 Å². The number of nitrogens with two attached hydrogens (primary N) is 1. The normalized spacial score (nSPS) is 10.9. The Morgan fingerprint density at radius 3 is 2.62 bits per heavy atom. The van der Waals surface area contributed by atoms with E-state index in [0.29, 0.717) is 0 Å². The molecule has 1 aromatic heterocycles. The second-order valence-corrected chi connectivity index (χ2v) is 5.22. The molecule has 21 heavy (non-hydrogen) atoms. The van der Waals surface area contributed by atoms with Gasteiger partial charge in [0.1, 0.15) is 12.4 Å². The quantitative estimate of drug-likeness (QED) is 0.878. The third kappa shape index (κ3) is 4.25. The van der Waals surface area contributed by atoms with Crippen molar-refractivity contribution in [3.8, 4) is 17.6 Å². The van der Waals surface area contributed by atoms with Crippen molar-refractivity contribution >= 4 is 11.3 Å². The molecule has 1 aromatic carbocycles. The van der Waals surface area contributed by atoms with Crippen LogP contribution < -0.4 is 10.5 Å². The standard InChI is InChI=1S/C15H12F3NOS/c16-15(17,18)13-5-1-2-6-14(13)20-10-12-8-7-11(21-12)4-3-9-19/h1-2,5-8H,9-10,19H2. The summed E-state index contributed by atoms with van der Waals surface area (Å²) in [6, 6.07) is 8.73. The molecule has 2 nitrogen and oxygen atoms in total. The van der Waals surface area contributed by atoms with Gasteiger partial charge >= 0.3 is 6.18 Å². The zero-order chi connectivity index (χ0) is 15.3. The van der Waals surface area contributed by atoms with Crippen molar-refractivity contribution < 1.29 is 17.9 Å². The van der Waals surface area contributed by atoms with Crippen LogP contribution in [-0.2, 0) is 12.8 Å². The summed E-state index contributed by atoms with van der Waals surface area (Å²) in [5, 5.41) is 0. The van der Waals surface area contributed by atoms with E-state index in [1.54, 1.807) is 12.1 Å². The molecule has 0 radical (unpaired) electrons. The largest absolute Gasteiger partial charge is 0.487 e. The number of alkyl halides is 3. The average Bonchev–Trinajstić information content (AvgIpc) is 2.90. The van der Waals surface area contributed by atoms with Gasteiger partial charge in [-0.3, -0.25) is 0 Å². The summed E-state index contributed by atoms with van der Waals surface area (Å²) in [5.41, 5.74) is 4.50. The predicted octanol–water partition coefficient (Wildman–Crippen LogP) is 3.66. The summed E-state index contributed by atoms with van der Waals surface area (Å²) < 4.78 is 43.7. The smallest absolute Gasteiger partial charge is 0.419 e. The minimum atomic E-state index is -4.43. The van der Waals surface area contributed by atoms with Crippen LogP contribution in [-0.4, -0.2) is 6.54 Å². The molecule has 0 amide bonds. The van der Waals surface area contributed by atoms with Crippen molar-refractivity contribution in [2.45, 2.75) is 12.8 Å². The first kappa shape index (κ1) is 15.4. The van der Waals surface area contributed by atoms with Gasteiger partial charge in [-0.1, -0.05) is 24.0 Å². The van der Waals surface area contributed by atoms with E-state index in [9.17, 15) is 13.2 Å². The van der Waals surface area contributed by atoms with Gasteiger partial charge < -0.3 is 10.5 Å². The van der Waals surface area contributed by atoms with Crippen molar-refractivity contribution in [2.24, 2.45) is 5.73 Å². The van der Waals surface area contributed by atoms with Gasteiger partial charge in [0.05, 0.1) is 17.0 Å². The first-order valence-corrected chi connectivity index (χ1v) is 6.89. The van der Waals surface area contributed by atoms with Crippen LogP contribution >= 0.6 is 11.3 Å². The maximum absolute atomic E-state index is 12.8. The Balaban J connectivity index is 2.08. The van der Waals surface area contributed by atoms with Gasteiger partial charge in [-0.2, -0.15) is 13.2 Å². The van der Waals surface area contributed by atoms with Crippen molar-refractivity contribution in [1.82, 2.24) is 0 Å². The molecule has 2 N–H and O–H groups in total. The van der Waals surface area contributed by atoms with Crippen LogP contribution in [0.5, 0.6) is 5.75 Å². The molecule has 2 aromatic rings. The van der Waals surface area contributed by atoms with Gasteiger partial charge in [-0.05, 0) is 24.3 Å². The number of thiophene rings is 1. The van der Waals surface area contributed by atoms with E-state index in [0.717, 1.165) is 15.8 Å². The summed E-state index contributed by atoms with van der Waals surface area (Å²) in [6.07, 6.45) is -4.43. The maximum Gasteiger partial charge on any atom is 0.419 e. The fourth-order valence-electron chi connectivity index (χ4n) is 1.64. The zero-order valence-electron chi connectivity index (χ0n) is 10.9. The Kier molecular flexibility index (Phi) is 4.89. The third-order valence-electron chi connectivity index (χ3n) is 2.54. The molecule has 0 bridgehead atoms. The van der Waals surface area contributed by atoms with E-state index in [1.807, 2.05) is 0 Å². The van der Waals surface area contributed by atoms with E-state index in [4.69, 9.17) is 10.5 Å². The number of ether oxygens (including phenoxy) is 1. The van der Waals surface area contributed by atoms with E-state index in [1.165, 1.54) is 29.5 Å². The lowest BCUT2D eigenvalue weighted by molar-refractivity contribution is -0.139. The molecule has 0 aliphatic carbocycles. The SMILES string of the molecule is NCC#Cc1ccc(COc2ccccc2C(F)(F)F)s1. The summed E-state index contributed by atoms with van der Waals surface area (Å²) in [4.78, 5) is 1.61. The Hall–Kier alpha value is -1.97. The highest BCUT2D eigenvalue weighted by molar-refractivity contribution is 7.12. The molecule has 6 heteroatoms. The predicted molar refractivity (Wildman–Crippen MR) is 76.0 cm³/mol. The van der Waals surface area contributed by atoms with Crippen LogP contribution in [0.2, 0.25) is 0 Å². The van der Waals surface area contributed by atoms with Gasteiger partial charge in [0, 0.05) is 4.88 Å². The lowest BCUT2D eigenvalue weighted by Gasteiger charge is -2.12. The van der Waals surface area contributed by atoms with E-state index in [-0.39, 0.29) is 18.9 Å². The first-order valence-electron chi connectivity index (χ1n) is 6.07. The molecule has 0 aliphatic heterocycles. The number of halogens is 3. The molecule has 0 fully saturated rings. The van der Waals surface area contributed by atoms with Crippen molar-refractivity contribution in [3.05, 3.63) is 51.7 Å². The van der Waals surface area contributed by atoms with Crippen LogP contribution in [0.3, 0.4) is 0 Å². The minimum absolute atomic E-state index is 0.0715. The van der Waals surface area contributed by atoms with Crippen molar-refractivity contribution in [1.29, 1.82) is 0 Å². The monoisotopic (exact) mass is 311 g/mol. The number of rotatable bonds is 3. The number of benzene rings is 1. The Bertz CT molecular complexity index is 667. The maximum atomic E-state index is 12.8. The van der Waals surface area contributed by atoms with Crippen molar-refractivity contribution in [3.63, 3.8) is 0 Å². The van der Waals surface area contributed by atoms with Crippen LogP contribution in [0.4, 0.5) is 13.2 Å². The third-order valence-corrected chi connectivity index (χ3v) is 3.51. The Morgan fingerprint density at radius 1 is 1.14 bits per heavy atom. The van der Waals surface area contributed by atoms with Gasteiger partial charge in [-0.15, -0.1) is 11.3 Å². The average molecular weight is 311 g/mol. The molecular weight excluding hydrogens is 299 g/mol. The van der Waals surface area contributed by atoms with Crippen LogP contribution in [0, 0.1) is 11.8 Å². The Morgan fingerprint density at radius 2 is 1.90 bits per heavy atom. The second kappa shape index (κ2) is 6.66. The molecule has 2 rings (SSSR count). The molecule has 0 saturated heterocycles. The number of para-hydroxylation sites is 1. The van der Waals surface area contributed by atoms with Crippen LogP contribution in [0.25, 0.3) is 0 Å². The molecule has 0 unspecified atom stereocenters. The number of hydrogen-bond acceptors (Lipinski definition) is 3. The van der Waals surface area contributed by atoms with Gasteiger partial charge in [0.25, 0.3) is 0 Å². The van der Waals surface area contributed by atoms with Gasteiger partial charge in [0.2, 0.25) is 0 Å². The lowest BCUT2D eigenvalue weighted by atomic mass is 10.2. The summed E-state index contributed by atoms with van der Waals surface area (Å²) in [7, 11) is 0. The number of hydrogen-bond donors (Lipinski definition) is 1. The fraction of sp³-hybridized carbons (Fsp3) is 0.200. The van der Waals surface area contributed by atoms with E-state index >= 15 is 0 Å². The molecule has 1 heterocycles. The highest BCUT2D eigenvalue weighted by Gasteiger charge is 2.33. The minimum Gasteiger partial charge on any atom is -0.487 e. The highest BCUT2D eigenvalue weighted by Crippen LogP contribution is 2.36. The molecule has 0 spiro atoms. The van der Waals surface area contributed by atoms with Crippen molar-refractivity contribution in [2.75, 3.05) is 6.54 Å². The first-order chi connectivity index (χ1) is 10.0. The summed E-state index contributed by atoms with van der Waals surface area (Å²) in [5.74, 6) is 5.41. The zero-order valence-corrected chi connectivity index (χ0v) is 11.7. The summed E-state index contributed by atoms with van der Waals surface area (Å²) in [6.45, 7) is 0.338. The summed E-state index contributed by atoms with van der Waals surface area (Å²) >= 11 is 1.37. The molecule has 0 aliphatic rings.